The van der Waals surface area contributed by atoms with Crippen molar-refractivity contribution < 1.29 is 0 Å². The molecular formula is C15H20N4S. The maximum atomic E-state index is 4.11. The highest BCUT2D eigenvalue weighted by atomic mass is 32.1. The smallest absolute Gasteiger partial charge is 0.0991 e. The van der Waals surface area contributed by atoms with Gasteiger partial charge in [-0.1, -0.05) is 0 Å². The molecular weight excluding hydrogens is 268 g/mol. The third-order valence-corrected chi connectivity index (χ3v) is 5.58. The van der Waals surface area contributed by atoms with Crippen LogP contribution in [0, 0.1) is 5.41 Å². The second-order valence-corrected chi connectivity index (χ2v) is 7.12. The molecule has 2 aromatic rings. The quantitative estimate of drug-likeness (QED) is 0.939. The van der Waals surface area contributed by atoms with E-state index in [1.165, 1.54) is 49.6 Å². The lowest BCUT2D eigenvalue weighted by Gasteiger charge is -2.22. The van der Waals surface area contributed by atoms with Crippen molar-refractivity contribution in [1.29, 1.82) is 0 Å². The van der Waals surface area contributed by atoms with Crippen LogP contribution >= 0.6 is 11.3 Å². The zero-order valence-corrected chi connectivity index (χ0v) is 12.4. The van der Waals surface area contributed by atoms with Gasteiger partial charge >= 0.3 is 0 Å². The Morgan fingerprint density at radius 1 is 1.40 bits per heavy atom. The first-order valence-electron chi connectivity index (χ1n) is 7.32. The lowest BCUT2D eigenvalue weighted by molar-refractivity contribution is 0.270. The number of imidazole rings is 1. The van der Waals surface area contributed by atoms with Gasteiger partial charge in [-0.15, -0.1) is 11.3 Å². The summed E-state index contributed by atoms with van der Waals surface area (Å²) in [4.78, 5) is 8.19. The molecule has 1 atom stereocenters. The average molecular weight is 288 g/mol. The maximum absolute atomic E-state index is 4.11. The van der Waals surface area contributed by atoms with E-state index >= 15 is 0 Å². The summed E-state index contributed by atoms with van der Waals surface area (Å²) >= 11 is 1.86. The highest BCUT2D eigenvalue weighted by Crippen LogP contribution is 2.37. The molecule has 106 valence electrons. The van der Waals surface area contributed by atoms with Gasteiger partial charge in [-0.3, -0.25) is 4.90 Å². The first-order valence-corrected chi connectivity index (χ1v) is 8.20. The molecule has 2 aromatic heterocycles. The van der Waals surface area contributed by atoms with E-state index in [0.29, 0.717) is 5.41 Å². The first kappa shape index (κ1) is 12.6. The maximum Gasteiger partial charge on any atom is 0.0991 e. The van der Waals surface area contributed by atoms with E-state index in [9.17, 15) is 0 Å². The summed E-state index contributed by atoms with van der Waals surface area (Å²) in [6.07, 6.45) is 8.41. The Morgan fingerprint density at radius 3 is 3.20 bits per heavy atom. The van der Waals surface area contributed by atoms with Crippen LogP contribution in [0.3, 0.4) is 0 Å². The zero-order valence-electron chi connectivity index (χ0n) is 11.6. The van der Waals surface area contributed by atoms with Gasteiger partial charge in [0.15, 0.2) is 0 Å². The second-order valence-electron chi connectivity index (χ2n) is 6.13. The molecule has 2 fully saturated rings. The number of nitrogens with one attached hydrogen (secondary N) is 1. The standard InChI is InChI=1S/C15H20N4S/c1-3-16-10-15(1)2-5-18(11-15)8-14-7-13(9-20-14)19-6-4-17-12-19/h4,6-7,9,12,16H,1-3,5,8,10-11H2. The van der Waals surface area contributed by atoms with E-state index in [1.54, 1.807) is 0 Å². The summed E-state index contributed by atoms with van der Waals surface area (Å²) in [5, 5.41) is 5.75. The molecule has 4 heterocycles. The Bertz CT molecular complexity index is 568. The third kappa shape index (κ3) is 2.30. The highest BCUT2D eigenvalue weighted by molar-refractivity contribution is 7.10. The van der Waals surface area contributed by atoms with Crippen LogP contribution in [0.25, 0.3) is 5.69 Å². The number of thiophene rings is 1. The molecule has 4 nitrogen and oxygen atoms in total. The molecule has 1 N–H and O–H groups in total. The SMILES string of the molecule is c1cn(-c2csc(CN3CCC4(CCNC4)C3)c2)cn1. The van der Waals surface area contributed by atoms with Gasteiger partial charge in [-0.05, 0) is 37.4 Å². The fraction of sp³-hybridized carbons (Fsp3) is 0.533. The number of hydrogen-bond acceptors (Lipinski definition) is 4. The monoisotopic (exact) mass is 288 g/mol. The normalized spacial score (nSPS) is 26.8. The summed E-state index contributed by atoms with van der Waals surface area (Å²) in [6.45, 7) is 6.03. The van der Waals surface area contributed by atoms with Crippen molar-refractivity contribution in [2.24, 2.45) is 5.41 Å². The summed E-state index contributed by atoms with van der Waals surface area (Å²) in [5.74, 6) is 0. The molecule has 0 bridgehead atoms. The van der Waals surface area contributed by atoms with Crippen molar-refractivity contribution in [3.63, 3.8) is 0 Å². The van der Waals surface area contributed by atoms with E-state index in [2.05, 4.69) is 31.2 Å². The fourth-order valence-electron chi connectivity index (χ4n) is 3.53. The van der Waals surface area contributed by atoms with Gasteiger partial charge in [0.05, 0.1) is 12.0 Å². The summed E-state index contributed by atoms with van der Waals surface area (Å²) < 4.78 is 2.08. The van der Waals surface area contributed by atoms with Crippen molar-refractivity contribution in [3.05, 3.63) is 35.0 Å². The van der Waals surface area contributed by atoms with Crippen LogP contribution in [-0.4, -0.2) is 40.6 Å². The molecule has 0 aliphatic carbocycles. The molecule has 0 amide bonds. The van der Waals surface area contributed by atoms with Crippen molar-refractivity contribution in [2.75, 3.05) is 26.2 Å². The number of rotatable bonds is 3. The molecule has 0 saturated carbocycles. The molecule has 2 aliphatic heterocycles. The van der Waals surface area contributed by atoms with Crippen molar-refractivity contribution in [1.82, 2.24) is 19.8 Å². The van der Waals surface area contributed by atoms with Gasteiger partial charge in [0.2, 0.25) is 0 Å². The van der Waals surface area contributed by atoms with E-state index in [1.807, 2.05) is 30.1 Å². The van der Waals surface area contributed by atoms with Crippen LogP contribution in [0.4, 0.5) is 0 Å². The molecule has 4 rings (SSSR count). The van der Waals surface area contributed by atoms with Gasteiger partial charge in [-0.2, -0.15) is 0 Å². The van der Waals surface area contributed by atoms with Crippen LogP contribution in [0.5, 0.6) is 0 Å². The van der Waals surface area contributed by atoms with Gasteiger partial charge in [0.25, 0.3) is 0 Å². The Labute approximate surface area is 123 Å². The second kappa shape index (κ2) is 4.98. The summed E-state index contributed by atoms with van der Waals surface area (Å²) in [5.41, 5.74) is 1.81. The largest absolute Gasteiger partial charge is 0.316 e. The predicted octanol–water partition coefficient (Wildman–Crippen LogP) is 2.12. The van der Waals surface area contributed by atoms with Gasteiger partial charge < -0.3 is 9.88 Å². The Morgan fingerprint density at radius 2 is 2.40 bits per heavy atom. The lowest BCUT2D eigenvalue weighted by Crippen LogP contribution is -2.28. The molecule has 20 heavy (non-hydrogen) atoms. The minimum absolute atomic E-state index is 0.574. The van der Waals surface area contributed by atoms with Crippen LogP contribution in [0.2, 0.25) is 0 Å². The molecule has 2 saturated heterocycles. The van der Waals surface area contributed by atoms with Crippen molar-refractivity contribution >= 4 is 11.3 Å². The summed E-state index contributed by atoms with van der Waals surface area (Å²) in [6, 6.07) is 2.30. The van der Waals surface area contributed by atoms with E-state index in [4.69, 9.17) is 0 Å². The minimum Gasteiger partial charge on any atom is -0.316 e. The molecule has 1 unspecified atom stereocenters. The minimum atomic E-state index is 0.574. The van der Waals surface area contributed by atoms with Crippen molar-refractivity contribution in [3.8, 4) is 5.69 Å². The number of likely N-dealkylation sites (tertiary alicyclic amines) is 1. The number of aromatic nitrogens is 2. The molecule has 0 radical (unpaired) electrons. The van der Waals surface area contributed by atoms with Gasteiger partial charge in [0.1, 0.15) is 0 Å². The molecule has 5 heteroatoms. The molecule has 1 spiro atoms. The molecule has 0 aromatic carbocycles. The van der Waals surface area contributed by atoms with Crippen LogP contribution in [-0.2, 0) is 6.54 Å². The van der Waals surface area contributed by atoms with E-state index in [0.717, 1.165) is 6.54 Å². The average Bonchev–Trinajstić information content (AvgIpc) is 3.21. The Hall–Kier alpha value is -1.17. The summed E-state index contributed by atoms with van der Waals surface area (Å²) in [7, 11) is 0. The number of hydrogen-bond donors (Lipinski definition) is 1. The van der Waals surface area contributed by atoms with Crippen molar-refractivity contribution in [2.45, 2.75) is 19.4 Å². The highest BCUT2D eigenvalue weighted by Gasteiger charge is 2.40. The van der Waals surface area contributed by atoms with Crippen LogP contribution in [0.1, 0.15) is 17.7 Å². The fourth-order valence-corrected chi connectivity index (χ4v) is 4.43. The van der Waals surface area contributed by atoms with E-state index < -0.39 is 0 Å². The van der Waals surface area contributed by atoms with Crippen LogP contribution in [0.15, 0.2) is 30.2 Å². The number of nitrogens with zero attached hydrogens (tertiary/aromatic N) is 3. The Balaban J connectivity index is 1.43. The topological polar surface area (TPSA) is 33.1 Å². The molecule has 2 aliphatic rings. The zero-order chi connectivity index (χ0) is 13.4. The van der Waals surface area contributed by atoms with E-state index in [-0.39, 0.29) is 0 Å². The lowest BCUT2D eigenvalue weighted by atomic mass is 9.87. The van der Waals surface area contributed by atoms with Gasteiger partial charge in [-0.25, -0.2) is 4.98 Å². The first-order chi connectivity index (χ1) is 9.83. The third-order valence-electron chi connectivity index (χ3n) is 4.67. The van der Waals surface area contributed by atoms with Crippen LogP contribution < -0.4 is 5.32 Å². The van der Waals surface area contributed by atoms with Gasteiger partial charge in [0, 0.05) is 42.3 Å². The predicted molar refractivity (Wildman–Crippen MR) is 81.3 cm³/mol. The Kier molecular flexibility index (Phi) is 3.13.